The second-order valence-electron chi connectivity index (χ2n) is 6.88. The fraction of sp³-hybridized carbons (Fsp3) is 0.261. The van der Waals surface area contributed by atoms with Gasteiger partial charge in [0.05, 0.1) is 7.11 Å². The van der Waals surface area contributed by atoms with Crippen LogP contribution in [0.3, 0.4) is 0 Å². The molecule has 0 fully saturated rings. The highest BCUT2D eigenvalue weighted by molar-refractivity contribution is 6.69. The van der Waals surface area contributed by atoms with Crippen LogP contribution in [0, 0.1) is 34.6 Å². The number of esters is 1. The molecule has 6 nitrogen and oxygen atoms in total. The summed E-state index contributed by atoms with van der Waals surface area (Å²) in [6, 6.07) is 11.7. The molecule has 0 saturated carbocycles. The van der Waals surface area contributed by atoms with Crippen LogP contribution in [0.25, 0.3) is 11.3 Å². The van der Waals surface area contributed by atoms with Gasteiger partial charge >= 0.3 is 5.97 Å². The maximum absolute atomic E-state index is 11.8. The first-order chi connectivity index (χ1) is 14.2. The highest BCUT2D eigenvalue weighted by Gasteiger charge is 2.24. The van der Waals surface area contributed by atoms with E-state index in [0.29, 0.717) is 17.0 Å². The largest absolute Gasteiger partial charge is 0.465 e. The van der Waals surface area contributed by atoms with E-state index in [2.05, 4.69) is 10.3 Å². The molecule has 0 saturated heterocycles. The molecule has 0 aliphatic heterocycles. The van der Waals surface area contributed by atoms with Gasteiger partial charge in [0.2, 0.25) is 0 Å². The number of oxime groups is 1. The molecule has 2 aromatic carbocycles. The summed E-state index contributed by atoms with van der Waals surface area (Å²) in [5, 5.41) is 15.6. The Labute approximate surface area is 181 Å². The van der Waals surface area contributed by atoms with Gasteiger partial charge in [-0.15, -0.1) is 0 Å². The molecular weight excluding hydrogens is 404 g/mol. The van der Waals surface area contributed by atoms with Crippen LogP contribution in [0.2, 0.25) is 0 Å². The lowest BCUT2D eigenvalue weighted by Crippen LogP contribution is -2.04. The highest BCUT2D eigenvalue weighted by atomic mass is 35.5. The lowest BCUT2D eigenvalue weighted by atomic mass is 9.97. The van der Waals surface area contributed by atoms with Crippen molar-refractivity contribution in [2.45, 2.75) is 34.6 Å². The van der Waals surface area contributed by atoms with Gasteiger partial charge in [0.25, 0.3) is 0 Å². The molecule has 0 amide bonds. The van der Waals surface area contributed by atoms with Gasteiger partial charge < -0.3 is 14.5 Å². The molecule has 3 aromatic rings. The summed E-state index contributed by atoms with van der Waals surface area (Å²) in [7, 11) is 1.35. The molecule has 0 atom stereocenters. The number of carbonyl (C=O) groups excluding carboxylic acids is 1. The fourth-order valence-electron chi connectivity index (χ4n) is 3.26. The molecular formula is C23H25ClN2O4. The SMILES string of the molecule is COC(=O)c1c(-c2c(C)cccc2C)noc1C.Cc1cccc(C)c1C(Cl)=NO. The van der Waals surface area contributed by atoms with Crippen molar-refractivity contribution in [2.24, 2.45) is 5.16 Å². The van der Waals surface area contributed by atoms with E-state index >= 15 is 0 Å². The standard InChI is InChI=1S/C14H15NO3.C9H10ClNO/c1-8-6-5-7-9(2)11(8)13-12(14(16)17-4)10(3)18-15-13;1-6-4-3-5-7(2)8(6)9(10)11-12/h5-7H,1-4H3;3-5,12H,1-2H3. The minimum atomic E-state index is -0.425. The van der Waals surface area contributed by atoms with Crippen molar-refractivity contribution in [3.05, 3.63) is 75.5 Å². The topological polar surface area (TPSA) is 84.9 Å². The molecule has 0 spiro atoms. The van der Waals surface area contributed by atoms with Gasteiger partial charge in [-0.1, -0.05) is 58.3 Å². The molecule has 0 unspecified atom stereocenters. The van der Waals surface area contributed by atoms with E-state index in [0.717, 1.165) is 33.4 Å². The molecule has 30 heavy (non-hydrogen) atoms. The number of aryl methyl sites for hydroxylation is 5. The van der Waals surface area contributed by atoms with E-state index in [1.54, 1.807) is 6.92 Å². The lowest BCUT2D eigenvalue weighted by Gasteiger charge is -2.07. The van der Waals surface area contributed by atoms with Crippen LogP contribution >= 0.6 is 11.6 Å². The van der Waals surface area contributed by atoms with Gasteiger partial charge in [0, 0.05) is 11.1 Å². The van der Waals surface area contributed by atoms with E-state index in [1.807, 2.05) is 64.1 Å². The molecule has 0 aliphatic carbocycles. The number of methoxy groups -OCH3 is 1. The Morgan fingerprint density at radius 2 is 1.47 bits per heavy atom. The number of hydrogen-bond acceptors (Lipinski definition) is 6. The lowest BCUT2D eigenvalue weighted by molar-refractivity contribution is 0.0599. The van der Waals surface area contributed by atoms with Crippen LogP contribution < -0.4 is 0 Å². The van der Waals surface area contributed by atoms with Crippen molar-refractivity contribution < 1.29 is 19.3 Å². The quantitative estimate of drug-likeness (QED) is 0.249. The minimum absolute atomic E-state index is 0.144. The summed E-state index contributed by atoms with van der Waals surface area (Å²) < 4.78 is 9.91. The zero-order chi connectivity index (χ0) is 22.4. The molecule has 1 heterocycles. The van der Waals surface area contributed by atoms with Crippen molar-refractivity contribution in [3.8, 4) is 11.3 Å². The van der Waals surface area contributed by atoms with Crippen LogP contribution in [0.15, 0.2) is 46.1 Å². The first-order valence-electron chi connectivity index (χ1n) is 9.28. The number of nitrogens with zero attached hydrogens (tertiary/aromatic N) is 2. The number of carbonyl (C=O) groups is 1. The van der Waals surface area contributed by atoms with Crippen LogP contribution in [-0.4, -0.2) is 28.6 Å². The van der Waals surface area contributed by atoms with E-state index < -0.39 is 5.97 Å². The highest BCUT2D eigenvalue weighted by Crippen LogP contribution is 2.31. The Hall–Kier alpha value is -3.12. The Morgan fingerprint density at radius 1 is 0.967 bits per heavy atom. The monoisotopic (exact) mass is 428 g/mol. The Morgan fingerprint density at radius 3 is 1.93 bits per heavy atom. The molecule has 0 aliphatic rings. The van der Waals surface area contributed by atoms with E-state index in [1.165, 1.54) is 7.11 Å². The van der Waals surface area contributed by atoms with Gasteiger partial charge in [-0.2, -0.15) is 0 Å². The van der Waals surface area contributed by atoms with E-state index in [-0.39, 0.29) is 5.17 Å². The normalized spacial score (nSPS) is 11.0. The summed E-state index contributed by atoms with van der Waals surface area (Å²) in [6.07, 6.45) is 0. The van der Waals surface area contributed by atoms with Crippen molar-refractivity contribution in [3.63, 3.8) is 0 Å². The second kappa shape index (κ2) is 10.1. The average Bonchev–Trinajstić information content (AvgIpc) is 3.08. The van der Waals surface area contributed by atoms with Gasteiger partial charge in [-0.25, -0.2) is 4.79 Å². The smallest absolute Gasteiger partial charge is 0.343 e. The zero-order valence-electron chi connectivity index (χ0n) is 17.9. The molecule has 7 heteroatoms. The van der Waals surface area contributed by atoms with Crippen molar-refractivity contribution >= 4 is 22.7 Å². The van der Waals surface area contributed by atoms with Crippen LogP contribution in [0.5, 0.6) is 0 Å². The Bertz CT molecular complexity index is 1050. The van der Waals surface area contributed by atoms with Crippen LogP contribution in [-0.2, 0) is 4.74 Å². The number of benzene rings is 2. The van der Waals surface area contributed by atoms with Crippen molar-refractivity contribution in [1.82, 2.24) is 5.16 Å². The molecule has 0 radical (unpaired) electrons. The fourth-order valence-corrected chi connectivity index (χ4v) is 3.56. The number of halogens is 1. The van der Waals surface area contributed by atoms with Crippen molar-refractivity contribution in [1.29, 1.82) is 0 Å². The molecule has 3 rings (SSSR count). The van der Waals surface area contributed by atoms with E-state index in [4.69, 9.17) is 26.1 Å². The first kappa shape index (κ1) is 23.2. The summed E-state index contributed by atoms with van der Waals surface area (Å²) in [5.41, 5.74) is 6.80. The predicted molar refractivity (Wildman–Crippen MR) is 118 cm³/mol. The van der Waals surface area contributed by atoms with Gasteiger partial charge in [0.1, 0.15) is 17.0 Å². The van der Waals surface area contributed by atoms with Gasteiger partial charge in [-0.3, -0.25) is 0 Å². The zero-order valence-corrected chi connectivity index (χ0v) is 18.7. The Balaban J connectivity index is 0.000000232. The minimum Gasteiger partial charge on any atom is -0.465 e. The molecule has 1 N–H and O–H groups in total. The van der Waals surface area contributed by atoms with Crippen molar-refractivity contribution in [2.75, 3.05) is 7.11 Å². The molecule has 0 bridgehead atoms. The second-order valence-corrected chi connectivity index (χ2v) is 7.24. The van der Waals surface area contributed by atoms with Crippen LogP contribution in [0.1, 0.15) is 43.9 Å². The summed E-state index contributed by atoms with van der Waals surface area (Å²) in [6.45, 7) is 9.52. The Kier molecular flexibility index (Phi) is 7.78. The van der Waals surface area contributed by atoms with Gasteiger partial charge in [-0.05, 0) is 56.9 Å². The first-order valence-corrected chi connectivity index (χ1v) is 9.66. The number of hydrogen-bond donors (Lipinski definition) is 1. The number of aromatic nitrogens is 1. The maximum atomic E-state index is 11.8. The third kappa shape index (κ3) is 4.89. The van der Waals surface area contributed by atoms with E-state index in [9.17, 15) is 4.79 Å². The third-order valence-electron chi connectivity index (χ3n) is 4.75. The molecule has 158 valence electrons. The number of ether oxygens (including phenoxy) is 1. The summed E-state index contributed by atoms with van der Waals surface area (Å²) >= 11 is 5.70. The molecule has 1 aromatic heterocycles. The summed E-state index contributed by atoms with van der Waals surface area (Å²) in [5.74, 6) is 0.0471. The number of rotatable bonds is 3. The van der Waals surface area contributed by atoms with Crippen LogP contribution in [0.4, 0.5) is 0 Å². The third-order valence-corrected chi connectivity index (χ3v) is 5.01. The summed E-state index contributed by atoms with van der Waals surface area (Å²) in [4.78, 5) is 11.8. The average molecular weight is 429 g/mol. The van der Waals surface area contributed by atoms with Gasteiger partial charge in [0.15, 0.2) is 5.17 Å². The maximum Gasteiger partial charge on any atom is 0.343 e. The predicted octanol–water partition coefficient (Wildman–Crippen LogP) is 5.73.